The molecule has 0 unspecified atom stereocenters. The van der Waals surface area contributed by atoms with Crippen molar-refractivity contribution in [3.05, 3.63) is 194 Å². The third-order valence-electron chi connectivity index (χ3n) is 9.34. The summed E-state index contributed by atoms with van der Waals surface area (Å²) in [5, 5.41) is 2.26. The Morgan fingerprint density at radius 1 is 0.250 bits per heavy atom. The molecule has 9 rings (SSSR count). The number of fused-ring (bicyclic) bond motifs is 1. The van der Waals surface area contributed by atoms with Crippen molar-refractivity contribution >= 4 is 10.8 Å². The van der Waals surface area contributed by atoms with Crippen LogP contribution in [-0.4, -0.2) is 19.9 Å². The summed E-state index contributed by atoms with van der Waals surface area (Å²) >= 11 is 0. The fraction of sp³-hybridized carbons (Fsp3) is 0. The molecule has 0 bridgehead atoms. The van der Waals surface area contributed by atoms with E-state index < -0.39 is 0 Å². The van der Waals surface area contributed by atoms with Crippen LogP contribution in [0.5, 0.6) is 0 Å². The minimum absolute atomic E-state index is 0.598. The Bertz CT molecular complexity index is 2600. The Kier molecular flexibility index (Phi) is 8.16. The smallest absolute Gasteiger partial charge is 0.164 e. The first-order chi connectivity index (χ1) is 25.7. The molecule has 2 aromatic heterocycles. The number of aromatic nitrogens is 4. The first-order valence-corrected chi connectivity index (χ1v) is 17.4. The van der Waals surface area contributed by atoms with Gasteiger partial charge in [0.15, 0.2) is 17.5 Å². The van der Waals surface area contributed by atoms with E-state index in [1.54, 1.807) is 0 Å². The van der Waals surface area contributed by atoms with Crippen LogP contribution in [-0.2, 0) is 0 Å². The quantitative estimate of drug-likeness (QED) is 0.170. The van der Waals surface area contributed by atoms with Gasteiger partial charge in [-0.1, -0.05) is 158 Å². The molecule has 52 heavy (non-hydrogen) atoms. The van der Waals surface area contributed by atoms with Crippen LogP contribution in [0.1, 0.15) is 0 Å². The van der Waals surface area contributed by atoms with E-state index >= 15 is 0 Å². The lowest BCUT2D eigenvalue weighted by Crippen LogP contribution is -2.01. The molecule has 4 heteroatoms. The zero-order valence-corrected chi connectivity index (χ0v) is 28.3. The van der Waals surface area contributed by atoms with Crippen molar-refractivity contribution in [2.24, 2.45) is 0 Å². The molecule has 244 valence electrons. The highest BCUT2D eigenvalue weighted by molar-refractivity contribution is 5.86. The van der Waals surface area contributed by atoms with Gasteiger partial charge in [-0.05, 0) is 69.1 Å². The van der Waals surface area contributed by atoms with Crippen molar-refractivity contribution in [3.63, 3.8) is 0 Å². The molecule has 0 amide bonds. The van der Waals surface area contributed by atoms with Crippen LogP contribution in [0.25, 0.3) is 89.6 Å². The number of benzene rings is 7. The first-order valence-electron chi connectivity index (χ1n) is 17.4. The molecule has 9 aromatic rings. The van der Waals surface area contributed by atoms with Gasteiger partial charge in [0.2, 0.25) is 0 Å². The second-order valence-electron chi connectivity index (χ2n) is 12.8. The minimum atomic E-state index is 0.598. The number of rotatable bonds is 7. The summed E-state index contributed by atoms with van der Waals surface area (Å²) in [4.78, 5) is 20.2. The van der Waals surface area contributed by atoms with Crippen LogP contribution in [0.15, 0.2) is 194 Å². The second-order valence-corrected chi connectivity index (χ2v) is 12.8. The zero-order valence-electron chi connectivity index (χ0n) is 28.3. The maximum atomic E-state index is 5.18. The van der Waals surface area contributed by atoms with Crippen LogP contribution in [0.2, 0.25) is 0 Å². The van der Waals surface area contributed by atoms with Crippen LogP contribution >= 0.6 is 0 Å². The summed E-state index contributed by atoms with van der Waals surface area (Å²) in [6, 6.07) is 65.1. The predicted octanol–water partition coefficient (Wildman–Crippen LogP) is 12.1. The maximum absolute atomic E-state index is 5.18. The van der Waals surface area contributed by atoms with Gasteiger partial charge in [0.05, 0.1) is 5.69 Å². The monoisotopic (exact) mass is 664 g/mol. The van der Waals surface area contributed by atoms with Crippen LogP contribution in [0, 0.1) is 0 Å². The fourth-order valence-electron chi connectivity index (χ4n) is 6.62. The van der Waals surface area contributed by atoms with Gasteiger partial charge in [-0.15, -0.1) is 0 Å². The van der Waals surface area contributed by atoms with E-state index in [-0.39, 0.29) is 0 Å². The number of nitrogens with zero attached hydrogens (tertiary/aromatic N) is 4. The molecule has 0 radical (unpaired) electrons. The van der Waals surface area contributed by atoms with Crippen LogP contribution in [0.3, 0.4) is 0 Å². The zero-order chi connectivity index (χ0) is 34.7. The summed E-state index contributed by atoms with van der Waals surface area (Å²) in [6.07, 6.45) is 1.93. The molecule has 4 nitrogen and oxygen atoms in total. The van der Waals surface area contributed by atoms with E-state index in [4.69, 9.17) is 19.9 Å². The number of pyridine rings is 1. The SMILES string of the molecule is c1ccc(-c2ccc(-c3nc(-c4cc(-c5ccccc5)cc(-c5ccccc5)c4)nc(-c4cccc(-c5cc6ccccc6cn5)c4)n3)cc2)cc1. The highest BCUT2D eigenvalue weighted by Gasteiger charge is 2.16. The maximum Gasteiger partial charge on any atom is 0.164 e. The Hall–Kier alpha value is -7.04. The average Bonchev–Trinajstić information content (AvgIpc) is 3.24. The van der Waals surface area contributed by atoms with Crippen molar-refractivity contribution in [1.29, 1.82) is 0 Å². The molecular formula is C48H32N4. The van der Waals surface area contributed by atoms with Crippen molar-refractivity contribution in [2.75, 3.05) is 0 Å². The molecule has 0 atom stereocenters. The second kappa shape index (κ2) is 13.7. The molecule has 0 aliphatic carbocycles. The molecule has 0 N–H and O–H groups in total. The van der Waals surface area contributed by atoms with Gasteiger partial charge in [0, 0.05) is 33.8 Å². The fourth-order valence-corrected chi connectivity index (χ4v) is 6.62. The van der Waals surface area contributed by atoms with Crippen molar-refractivity contribution in [3.8, 4) is 78.8 Å². The number of hydrogen-bond donors (Lipinski definition) is 0. The number of hydrogen-bond acceptors (Lipinski definition) is 4. The molecule has 7 aromatic carbocycles. The van der Waals surface area contributed by atoms with Crippen LogP contribution in [0.4, 0.5) is 0 Å². The Morgan fingerprint density at radius 2 is 0.654 bits per heavy atom. The largest absolute Gasteiger partial charge is 0.256 e. The van der Waals surface area contributed by atoms with E-state index in [1.807, 2.05) is 36.5 Å². The summed E-state index contributed by atoms with van der Waals surface area (Å²) in [7, 11) is 0. The topological polar surface area (TPSA) is 51.6 Å². The molecule has 0 saturated heterocycles. The van der Waals surface area contributed by atoms with Crippen molar-refractivity contribution in [2.45, 2.75) is 0 Å². The van der Waals surface area contributed by atoms with Gasteiger partial charge in [-0.25, -0.2) is 15.0 Å². The molecule has 0 aliphatic rings. The normalized spacial score (nSPS) is 11.1. The third kappa shape index (κ3) is 6.37. The Morgan fingerprint density at radius 3 is 1.27 bits per heavy atom. The van der Waals surface area contributed by atoms with E-state index in [0.717, 1.165) is 72.1 Å². The van der Waals surface area contributed by atoms with Crippen LogP contribution < -0.4 is 0 Å². The van der Waals surface area contributed by atoms with E-state index in [0.29, 0.717) is 17.5 Å². The predicted molar refractivity (Wildman–Crippen MR) is 213 cm³/mol. The third-order valence-corrected chi connectivity index (χ3v) is 9.34. The first kappa shape index (κ1) is 31.0. The average molecular weight is 665 g/mol. The van der Waals surface area contributed by atoms with Gasteiger partial charge in [0.1, 0.15) is 0 Å². The summed E-state index contributed by atoms with van der Waals surface area (Å²) in [5.41, 5.74) is 11.4. The molecule has 0 spiro atoms. The van der Waals surface area contributed by atoms with Crippen molar-refractivity contribution in [1.82, 2.24) is 19.9 Å². The van der Waals surface area contributed by atoms with E-state index in [1.165, 1.54) is 0 Å². The lowest BCUT2D eigenvalue weighted by Gasteiger charge is -2.13. The minimum Gasteiger partial charge on any atom is -0.256 e. The van der Waals surface area contributed by atoms with Gasteiger partial charge in [0.25, 0.3) is 0 Å². The lowest BCUT2D eigenvalue weighted by molar-refractivity contribution is 1.07. The van der Waals surface area contributed by atoms with E-state index in [9.17, 15) is 0 Å². The van der Waals surface area contributed by atoms with Gasteiger partial charge in [-0.2, -0.15) is 0 Å². The molecule has 2 heterocycles. The molecule has 0 saturated carbocycles. The summed E-state index contributed by atoms with van der Waals surface area (Å²) in [6.45, 7) is 0. The summed E-state index contributed by atoms with van der Waals surface area (Å²) < 4.78 is 0. The molecular weight excluding hydrogens is 633 g/mol. The lowest BCUT2D eigenvalue weighted by atomic mass is 9.96. The standard InChI is InChI=1S/C48H32N4/c1-4-13-33(14-5-1)36-23-25-37(26-24-36)46-50-47(40-22-12-21-39(27-40)45-31-38-19-10-11-20-41(38)32-49-45)52-48(51-46)44-29-42(34-15-6-2-7-16-34)28-43(30-44)35-17-8-3-9-18-35/h1-32H. The van der Waals surface area contributed by atoms with Gasteiger partial charge in [-0.3, -0.25) is 4.98 Å². The Labute approximate surface area is 302 Å². The highest BCUT2D eigenvalue weighted by atomic mass is 15.0. The van der Waals surface area contributed by atoms with Crippen molar-refractivity contribution < 1.29 is 0 Å². The molecule has 0 fully saturated rings. The molecule has 0 aliphatic heterocycles. The Balaban J connectivity index is 1.21. The highest BCUT2D eigenvalue weighted by Crippen LogP contribution is 2.34. The van der Waals surface area contributed by atoms with E-state index in [2.05, 4.69) is 158 Å². The van der Waals surface area contributed by atoms with Gasteiger partial charge >= 0.3 is 0 Å². The van der Waals surface area contributed by atoms with Gasteiger partial charge < -0.3 is 0 Å². The summed E-state index contributed by atoms with van der Waals surface area (Å²) in [5.74, 6) is 1.82.